The molecule has 0 radical (unpaired) electrons. The molecule has 16 heavy (non-hydrogen) atoms. The molecule has 0 amide bonds. The summed E-state index contributed by atoms with van der Waals surface area (Å²) in [6.45, 7) is 3.96. The van der Waals surface area contributed by atoms with Crippen LogP contribution in [0, 0.1) is 0 Å². The lowest BCUT2D eigenvalue weighted by Gasteiger charge is -2.19. The van der Waals surface area contributed by atoms with Crippen LogP contribution in [0.3, 0.4) is 0 Å². The predicted octanol–water partition coefficient (Wildman–Crippen LogP) is 3.21. The largest absolute Gasteiger partial charge is 0.224 e. The van der Waals surface area contributed by atoms with Crippen molar-refractivity contribution in [3.05, 3.63) is 29.8 Å². The molecule has 0 N–H and O–H groups in total. The van der Waals surface area contributed by atoms with E-state index in [1.807, 2.05) is 26.0 Å². The Labute approximate surface area is 103 Å². The Bertz CT molecular complexity index is 454. The summed E-state index contributed by atoms with van der Waals surface area (Å²) >= 11 is 6.18. The standard InChI is InChI=1S/C12H17ClO2S/c1-4-11(13)9(2)10-7-5-6-8-12(10)16(3,14)15/h5-9,11H,4H2,1-3H3. The monoisotopic (exact) mass is 260 g/mol. The van der Waals surface area contributed by atoms with Crippen LogP contribution in [0.1, 0.15) is 31.7 Å². The third-order valence-electron chi connectivity index (χ3n) is 2.74. The van der Waals surface area contributed by atoms with E-state index in [4.69, 9.17) is 11.6 Å². The molecule has 2 nitrogen and oxygen atoms in total. The predicted molar refractivity (Wildman–Crippen MR) is 67.9 cm³/mol. The molecule has 0 aliphatic heterocycles. The summed E-state index contributed by atoms with van der Waals surface area (Å²) in [7, 11) is -3.18. The average molecular weight is 261 g/mol. The molecule has 0 saturated heterocycles. The summed E-state index contributed by atoms with van der Waals surface area (Å²) in [4.78, 5) is 0.390. The molecule has 0 aliphatic rings. The van der Waals surface area contributed by atoms with Crippen molar-refractivity contribution in [3.63, 3.8) is 0 Å². The molecule has 0 heterocycles. The topological polar surface area (TPSA) is 34.1 Å². The molecule has 4 heteroatoms. The molecule has 0 bridgehead atoms. The lowest BCUT2D eigenvalue weighted by molar-refractivity contribution is 0.596. The van der Waals surface area contributed by atoms with Gasteiger partial charge in [-0.25, -0.2) is 8.42 Å². The van der Waals surface area contributed by atoms with E-state index in [9.17, 15) is 8.42 Å². The Hall–Kier alpha value is -0.540. The Balaban J connectivity index is 3.24. The maximum Gasteiger partial charge on any atom is 0.175 e. The van der Waals surface area contributed by atoms with Crippen molar-refractivity contribution in [2.45, 2.75) is 36.5 Å². The number of hydrogen-bond donors (Lipinski definition) is 0. The van der Waals surface area contributed by atoms with Gasteiger partial charge in [0.15, 0.2) is 9.84 Å². The van der Waals surface area contributed by atoms with Crippen LogP contribution < -0.4 is 0 Å². The highest BCUT2D eigenvalue weighted by atomic mass is 35.5. The number of benzene rings is 1. The third-order valence-corrected chi connectivity index (χ3v) is 4.60. The van der Waals surface area contributed by atoms with Crippen molar-refractivity contribution in [1.82, 2.24) is 0 Å². The first-order valence-electron chi connectivity index (χ1n) is 5.31. The molecule has 2 atom stereocenters. The summed E-state index contributed by atoms with van der Waals surface area (Å²) in [5, 5.41) is -0.0390. The fourth-order valence-corrected chi connectivity index (χ4v) is 2.89. The van der Waals surface area contributed by atoms with Crippen molar-refractivity contribution in [2.75, 3.05) is 6.26 Å². The van der Waals surface area contributed by atoms with E-state index in [1.54, 1.807) is 12.1 Å². The lowest BCUT2D eigenvalue weighted by atomic mass is 9.96. The highest BCUT2D eigenvalue weighted by Crippen LogP contribution is 2.30. The summed E-state index contributed by atoms with van der Waals surface area (Å²) in [5.41, 5.74) is 0.812. The molecular formula is C12H17ClO2S. The second-order valence-electron chi connectivity index (χ2n) is 4.02. The quantitative estimate of drug-likeness (QED) is 0.779. The zero-order valence-electron chi connectivity index (χ0n) is 9.77. The molecule has 0 saturated carbocycles. The van der Waals surface area contributed by atoms with Gasteiger partial charge in [0, 0.05) is 11.6 Å². The lowest BCUT2D eigenvalue weighted by Crippen LogP contribution is -2.12. The van der Waals surface area contributed by atoms with E-state index >= 15 is 0 Å². The molecule has 90 valence electrons. The van der Waals surface area contributed by atoms with Crippen molar-refractivity contribution < 1.29 is 8.42 Å². The van der Waals surface area contributed by atoms with Gasteiger partial charge in [0.1, 0.15) is 0 Å². The molecule has 0 spiro atoms. The average Bonchev–Trinajstić information content (AvgIpc) is 2.26. The van der Waals surface area contributed by atoms with Crippen LogP contribution in [0.2, 0.25) is 0 Å². The van der Waals surface area contributed by atoms with Gasteiger partial charge in [0.2, 0.25) is 0 Å². The molecule has 0 fully saturated rings. The van der Waals surface area contributed by atoms with Crippen LogP contribution in [0.15, 0.2) is 29.2 Å². The van der Waals surface area contributed by atoms with Crippen molar-refractivity contribution in [3.8, 4) is 0 Å². The van der Waals surface area contributed by atoms with Gasteiger partial charge in [-0.05, 0) is 24.0 Å². The van der Waals surface area contributed by atoms with E-state index in [0.29, 0.717) is 4.90 Å². The maximum absolute atomic E-state index is 11.6. The molecular weight excluding hydrogens is 244 g/mol. The first kappa shape index (κ1) is 13.5. The number of rotatable bonds is 4. The molecule has 2 unspecified atom stereocenters. The second kappa shape index (κ2) is 5.19. The van der Waals surface area contributed by atoms with E-state index < -0.39 is 9.84 Å². The summed E-state index contributed by atoms with van der Waals surface area (Å²) < 4.78 is 23.3. The van der Waals surface area contributed by atoms with Gasteiger partial charge >= 0.3 is 0 Å². The fraction of sp³-hybridized carbons (Fsp3) is 0.500. The van der Waals surface area contributed by atoms with Crippen LogP contribution in [-0.4, -0.2) is 20.1 Å². The number of sulfone groups is 1. The van der Waals surface area contributed by atoms with Gasteiger partial charge in [-0.15, -0.1) is 11.6 Å². The first-order valence-corrected chi connectivity index (χ1v) is 7.63. The fourth-order valence-electron chi connectivity index (χ4n) is 1.74. The zero-order chi connectivity index (χ0) is 12.3. The Morgan fingerprint density at radius 1 is 1.31 bits per heavy atom. The minimum absolute atomic E-state index is 0.0390. The molecule has 1 aromatic rings. The van der Waals surface area contributed by atoms with Crippen molar-refractivity contribution in [1.29, 1.82) is 0 Å². The number of alkyl halides is 1. The molecule has 1 rings (SSSR count). The van der Waals surface area contributed by atoms with Crippen molar-refractivity contribution >= 4 is 21.4 Å². The SMILES string of the molecule is CCC(Cl)C(C)c1ccccc1S(C)(=O)=O. The van der Waals surface area contributed by atoms with E-state index in [1.165, 1.54) is 6.26 Å². The maximum atomic E-state index is 11.6. The van der Waals surface area contributed by atoms with Gasteiger partial charge in [0.05, 0.1) is 4.90 Å². The number of halogens is 1. The highest BCUT2D eigenvalue weighted by molar-refractivity contribution is 7.90. The third kappa shape index (κ3) is 2.98. The summed E-state index contributed by atoms with van der Waals surface area (Å²) in [6.07, 6.45) is 2.05. The smallest absolute Gasteiger partial charge is 0.175 e. The Morgan fingerprint density at radius 2 is 1.88 bits per heavy atom. The highest BCUT2D eigenvalue weighted by Gasteiger charge is 2.21. The van der Waals surface area contributed by atoms with Crippen molar-refractivity contribution in [2.24, 2.45) is 0 Å². The van der Waals surface area contributed by atoms with Crippen LogP contribution in [0.25, 0.3) is 0 Å². The summed E-state index contributed by atoms with van der Waals surface area (Å²) in [5.74, 6) is 0.0394. The van der Waals surface area contributed by atoms with Gasteiger partial charge < -0.3 is 0 Å². The molecule has 1 aromatic carbocycles. The van der Waals surface area contributed by atoms with E-state index in [-0.39, 0.29) is 11.3 Å². The minimum atomic E-state index is -3.18. The van der Waals surface area contributed by atoms with Crippen LogP contribution in [0.4, 0.5) is 0 Å². The van der Waals surface area contributed by atoms with E-state index in [0.717, 1.165) is 12.0 Å². The van der Waals surface area contributed by atoms with Gasteiger partial charge in [-0.1, -0.05) is 32.0 Å². The Kier molecular flexibility index (Phi) is 4.39. The summed E-state index contributed by atoms with van der Waals surface area (Å²) in [6, 6.07) is 7.06. The first-order chi connectivity index (χ1) is 7.38. The van der Waals surface area contributed by atoms with Gasteiger partial charge in [-0.3, -0.25) is 0 Å². The number of hydrogen-bond acceptors (Lipinski definition) is 2. The van der Waals surface area contributed by atoms with Crippen LogP contribution in [0.5, 0.6) is 0 Å². The van der Waals surface area contributed by atoms with Gasteiger partial charge in [-0.2, -0.15) is 0 Å². The van der Waals surface area contributed by atoms with Crippen LogP contribution >= 0.6 is 11.6 Å². The van der Waals surface area contributed by atoms with Crippen LogP contribution in [-0.2, 0) is 9.84 Å². The zero-order valence-corrected chi connectivity index (χ0v) is 11.3. The molecule has 0 aliphatic carbocycles. The minimum Gasteiger partial charge on any atom is -0.224 e. The van der Waals surface area contributed by atoms with E-state index in [2.05, 4.69) is 0 Å². The normalized spacial score (nSPS) is 15.8. The second-order valence-corrected chi connectivity index (χ2v) is 6.57. The van der Waals surface area contributed by atoms with Gasteiger partial charge in [0.25, 0.3) is 0 Å². The Morgan fingerprint density at radius 3 is 2.38 bits per heavy atom. The molecule has 0 aromatic heterocycles.